The topological polar surface area (TPSA) is 62.4 Å². The minimum atomic E-state index is -0.323. The number of aromatic amines is 1. The smallest absolute Gasteiger partial charge is 0.309 e. The normalized spacial score (nSPS) is 15.7. The predicted octanol–water partition coefficient (Wildman–Crippen LogP) is 3.03. The molecule has 1 amide bonds. The van der Waals surface area contributed by atoms with E-state index in [1.54, 1.807) is 17.9 Å². The van der Waals surface area contributed by atoms with E-state index in [4.69, 9.17) is 4.74 Å². The number of carbonyl (C=O) groups excluding carboxylic acids is 2. The number of fused-ring (bicyclic) bond motifs is 1. The van der Waals surface area contributed by atoms with E-state index >= 15 is 0 Å². The van der Waals surface area contributed by atoms with Crippen molar-refractivity contribution in [2.24, 2.45) is 5.92 Å². The quantitative estimate of drug-likeness (QED) is 0.879. The number of esters is 1. The summed E-state index contributed by atoms with van der Waals surface area (Å²) in [5.41, 5.74) is 1.87. The number of aromatic nitrogens is 1. The highest BCUT2D eigenvalue weighted by Crippen LogP contribution is 2.24. The van der Waals surface area contributed by atoms with E-state index < -0.39 is 0 Å². The van der Waals surface area contributed by atoms with Gasteiger partial charge in [0.2, 0.25) is 0 Å². The van der Waals surface area contributed by atoms with E-state index in [1.165, 1.54) is 12.1 Å². The number of carbonyl (C=O) groups is 2. The summed E-state index contributed by atoms with van der Waals surface area (Å²) in [5.74, 6) is -0.751. The lowest BCUT2D eigenvalue weighted by Gasteiger charge is -2.30. The number of halogens is 1. The lowest BCUT2D eigenvalue weighted by atomic mass is 9.97. The van der Waals surface area contributed by atoms with Crippen LogP contribution in [-0.2, 0) is 9.53 Å². The highest BCUT2D eigenvalue weighted by atomic mass is 19.1. The number of nitrogens with one attached hydrogen (secondary N) is 1. The van der Waals surface area contributed by atoms with E-state index in [0.717, 1.165) is 10.9 Å². The van der Waals surface area contributed by atoms with Crippen LogP contribution in [0.3, 0.4) is 0 Å². The Morgan fingerprint density at radius 1 is 1.29 bits per heavy atom. The summed E-state index contributed by atoms with van der Waals surface area (Å²) in [5, 5.41) is 0.848. The average molecular weight is 332 g/mol. The van der Waals surface area contributed by atoms with Crippen LogP contribution in [0.4, 0.5) is 4.39 Å². The maximum atomic E-state index is 13.5. The van der Waals surface area contributed by atoms with Gasteiger partial charge in [-0.1, -0.05) is 0 Å². The molecular formula is C18H21FN2O3. The van der Waals surface area contributed by atoms with Gasteiger partial charge in [-0.15, -0.1) is 0 Å². The van der Waals surface area contributed by atoms with Crippen LogP contribution in [-0.4, -0.2) is 41.5 Å². The summed E-state index contributed by atoms with van der Waals surface area (Å²) in [6.45, 7) is 5.02. The molecule has 0 atom stereocenters. The minimum absolute atomic E-state index is 0.117. The molecule has 0 spiro atoms. The molecule has 1 aliphatic rings. The highest BCUT2D eigenvalue weighted by molar-refractivity contribution is 5.99. The molecule has 1 N–H and O–H groups in total. The van der Waals surface area contributed by atoms with Crippen LogP contribution in [0.2, 0.25) is 0 Å². The first-order valence-corrected chi connectivity index (χ1v) is 8.24. The number of H-pyrrole nitrogens is 1. The first-order chi connectivity index (χ1) is 11.5. The van der Waals surface area contributed by atoms with Gasteiger partial charge in [0.15, 0.2) is 0 Å². The lowest BCUT2D eigenvalue weighted by Crippen LogP contribution is -2.40. The summed E-state index contributed by atoms with van der Waals surface area (Å²) >= 11 is 0. The van der Waals surface area contributed by atoms with Crippen LogP contribution < -0.4 is 0 Å². The van der Waals surface area contributed by atoms with Gasteiger partial charge in [0.25, 0.3) is 5.91 Å². The zero-order valence-corrected chi connectivity index (χ0v) is 13.9. The molecule has 0 radical (unpaired) electrons. The fraction of sp³-hybridized carbons (Fsp3) is 0.444. The monoisotopic (exact) mass is 332 g/mol. The Morgan fingerprint density at radius 2 is 2.00 bits per heavy atom. The second-order valence-electron chi connectivity index (χ2n) is 6.19. The molecule has 1 saturated heterocycles. The molecule has 1 aromatic carbocycles. The average Bonchev–Trinajstić information content (AvgIpc) is 2.99. The third-order valence-corrected chi connectivity index (χ3v) is 4.54. The number of likely N-dealkylation sites (tertiary alicyclic amines) is 1. The number of nitrogens with zero attached hydrogens (tertiary/aromatic N) is 1. The van der Waals surface area contributed by atoms with Gasteiger partial charge in [-0.3, -0.25) is 9.59 Å². The molecule has 2 heterocycles. The Balaban J connectivity index is 1.72. The number of piperidine rings is 1. The maximum absolute atomic E-state index is 13.5. The van der Waals surface area contributed by atoms with Crippen molar-refractivity contribution in [3.63, 3.8) is 0 Å². The summed E-state index contributed by atoms with van der Waals surface area (Å²) in [7, 11) is 0. The SMILES string of the molecule is CCOC(=O)C1CCN(C(=O)c2cc3c(C)cc(F)cc3[nH]2)CC1. The van der Waals surface area contributed by atoms with Crippen LogP contribution in [0.1, 0.15) is 35.8 Å². The number of rotatable bonds is 3. The molecule has 0 aliphatic carbocycles. The van der Waals surface area contributed by atoms with Gasteiger partial charge in [-0.25, -0.2) is 4.39 Å². The largest absolute Gasteiger partial charge is 0.466 e. The van der Waals surface area contributed by atoms with Crippen molar-refractivity contribution in [1.29, 1.82) is 0 Å². The molecule has 128 valence electrons. The van der Waals surface area contributed by atoms with Crippen LogP contribution in [0.25, 0.3) is 10.9 Å². The molecule has 6 heteroatoms. The van der Waals surface area contributed by atoms with Crippen molar-refractivity contribution in [3.05, 3.63) is 35.3 Å². The van der Waals surface area contributed by atoms with E-state index in [-0.39, 0.29) is 23.6 Å². The fourth-order valence-corrected chi connectivity index (χ4v) is 3.24. The van der Waals surface area contributed by atoms with Crippen molar-refractivity contribution < 1.29 is 18.7 Å². The number of aryl methyl sites for hydroxylation is 1. The molecule has 0 saturated carbocycles. The van der Waals surface area contributed by atoms with Gasteiger partial charge in [-0.2, -0.15) is 0 Å². The first kappa shape index (κ1) is 16.5. The van der Waals surface area contributed by atoms with Crippen molar-refractivity contribution in [2.45, 2.75) is 26.7 Å². The summed E-state index contributed by atoms with van der Waals surface area (Å²) in [6, 6.07) is 4.62. The highest BCUT2D eigenvalue weighted by Gasteiger charge is 2.29. The van der Waals surface area contributed by atoms with Gasteiger partial charge in [0.1, 0.15) is 11.5 Å². The summed E-state index contributed by atoms with van der Waals surface area (Å²) in [4.78, 5) is 29.2. The summed E-state index contributed by atoms with van der Waals surface area (Å²) in [6.07, 6.45) is 1.22. The van der Waals surface area contributed by atoms with Gasteiger partial charge >= 0.3 is 5.97 Å². The van der Waals surface area contributed by atoms with Crippen LogP contribution in [0.15, 0.2) is 18.2 Å². The van der Waals surface area contributed by atoms with E-state index in [1.807, 2.05) is 6.92 Å². The number of hydrogen-bond acceptors (Lipinski definition) is 3. The van der Waals surface area contributed by atoms with Gasteiger partial charge < -0.3 is 14.6 Å². The maximum Gasteiger partial charge on any atom is 0.309 e. The zero-order chi connectivity index (χ0) is 17.3. The minimum Gasteiger partial charge on any atom is -0.466 e. The zero-order valence-electron chi connectivity index (χ0n) is 13.9. The second kappa shape index (κ2) is 6.63. The molecule has 3 rings (SSSR count). The first-order valence-electron chi connectivity index (χ1n) is 8.24. The molecule has 0 bridgehead atoms. The Kier molecular flexibility index (Phi) is 4.55. The Morgan fingerprint density at radius 3 is 2.67 bits per heavy atom. The van der Waals surface area contributed by atoms with Crippen LogP contribution in [0.5, 0.6) is 0 Å². The van der Waals surface area contributed by atoms with E-state index in [0.29, 0.717) is 43.7 Å². The molecule has 1 fully saturated rings. The molecule has 1 aliphatic heterocycles. The summed E-state index contributed by atoms with van der Waals surface area (Å²) < 4.78 is 18.5. The Labute approximate surface area is 139 Å². The van der Waals surface area contributed by atoms with E-state index in [2.05, 4.69) is 4.98 Å². The Hall–Kier alpha value is -2.37. The molecule has 24 heavy (non-hydrogen) atoms. The third-order valence-electron chi connectivity index (χ3n) is 4.54. The predicted molar refractivity (Wildman–Crippen MR) is 88.3 cm³/mol. The standard InChI is InChI=1S/C18H21FN2O3/c1-3-24-18(23)12-4-6-21(7-5-12)17(22)16-10-14-11(2)8-13(19)9-15(14)20-16/h8-10,12,20H,3-7H2,1-2H3. The molecule has 2 aromatic rings. The van der Waals surface area contributed by atoms with Crippen molar-refractivity contribution in [2.75, 3.05) is 19.7 Å². The van der Waals surface area contributed by atoms with Crippen molar-refractivity contribution in [1.82, 2.24) is 9.88 Å². The number of benzene rings is 1. The van der Waals surface area contributed by atoms with Crippen molar-refractivity contribution >= 4 is 22.8 Å². The van der Waals surface area contributed by atoms with Crippen molar-refractivity contribution in [3.8, 4) is 0 Å². The van der Waals surface area contributed by atoms with Crippen LogP contribution >= 0.6 is 0 Å². The molecule has 5 nitrogen and oxygen atoms in total. The lowest BCUT2D eigenvalue weighted by molar-refractivity contribution is -0.149. The van der Waals surface area contributed by atoms with E-state index in [9.17, 15) is 14.0 Å². The number of hydrogen-bond donors (Lipinski definition) is 1. The second-order valence-corrected chi connectivity index (χ2v) is 6.19. The Bertz CT molecular complexity index is 776. The van der Waals surface area contributed by atoms with Gasteiger partial charge in [0, 0.05) is 24.0 Å². The number of ether oxygens (including phenoxy) is 1. The van der Waals surface area contributed by atoms with Gasteiger partial charge in [0.05, 0.1) is 12.5 Å². The fourth-order valence-electron chi connectivity index (χ4n) is 3.24. The third kappa shape index (κ3) is 3.13. The van der Waals surface area contributed by atoms with Crippen LogP contribution in [0, 0.1) is 18.7 Å². The van der Waals surface area contributed by atoms with Gasteiger partial charge in [-0.05, 0) is 50.5 Å². The number of amides is 1. The molecule has 1 aromatic heterocycles. The molecular weight excluding hydrogens is 311 g/mol. The molecule has 0 unspecified atom stereocenters.